The number of hydrogen-bond acceptors (Lipinski definition) is 6. The Labute approximate surface area is 89.1 Å². The van der Waals surface area contributed by atoms with Crippen LogP contribution in [0, 0.1) is 0 Å². The molecule has 0 aromatic heterocycles. The van der Waals surface area contributed by atoms with Crippen LogP contribution in [-0.4, -0.2) is 65.4 Å². The second kappa shape index (κ2) is 9.02. The van der Waals surface area contributed by atoms with Crippen LogP contribution in [0.2, 0.25) is 0 Å². The molecule has 4 N–H and O–H groups in total. The van der Waals surface area contributed by atoms with Crippen molar-refractivity contribution in [3.8, 4) is 0 Å². The van der Waals surface area contributed by atoms with E-state index < -0.39 is 18.5 Å². The summed E-state index contributed by atoms with van der Waals surface area (Å²) in [4.78, 5) is 0. The highest BCUT2D eigenvalue weighted by atomic mass is 16.7. The van der Waals surface area contributed by atoms with Crippen LogP contribution >= 0.6 is 0 Å². The lowest BCUT2D eigenvalue weighted by Crippen LogP contribution is -2.32. The molecule has 1 unspecified atom stereocenters. The predicted molar refractivity (Wildman–Crippen MR) is 52.2 cm³/mol. The molecular formula is C9H20O6. The summed E-state index contributed by atoms with van der Waals surface area (Å²) in [7, 11) is 0. The average Bonchev–Trinajstić information content (AvgIpc) is 2.29. The molecular weight excluding hydrogens is 204 g/mol. The zero-order valence-electron chi connectivity index (χ0n) is 8.87. The molecule has 6 heteroatoms. The fourth-order valence-electron chi connectivity index (χ4n) is 0.883. The van der Waals surface area contributed by atoms with E-state index in [0.717, 1.165) is 0 Å². The summed E-state index contributed by atoms with van der Waals surface area (Å²) in [6.07, 6.45) is -1.70. The van der Waals surface area contributed by atoms with Crippen molar-refractivity contribution in [2.45, 2.75) is 31.8 Å². The van der Waals surface area contributed by atoms with Crippen LogP contribution in [0.3, 0.4) is 0 Å². The standard InChI is InChI=1S/C9H20O6/c1-2-9(14-6-7(13)3-10)15-8(4-11)5-12/h7-13H,2-6H2,1H3/t7?,9-/m0/s1. The molecule has 0 aliphatic rings. The molecule has 0 amide bonds. The first-order valence-corrected chi connectivity index (χ1v) is 4.95. The highest BCUT2D eigenvalue weighted by Crippen LogP contribution is 2.05. The van der Waals surface area contributed by atoms with Gasteiger partial charge in [0.2, 0.25) is 0 Å². The van der Waals surface area contributed by atoms with Crippen molar-refractivity contribution < 1.29 is 29.9 Å². The Morgan fingerprint density at radius 1 is 1.07 bits per heavy atom. The highest BCUT2D eigenvalue weighted by molar-refractivity contribution is 4.56. The van der Waals surface area contributed by atoms with Crippen molar-refractivity contribution in [3.05, 3.63) is 0 Å². The maximum absolute atomic E-state index is 9.02. The Kier molecular flexibility index (Phi) is 8.88. The van der Waals surface area contributed by atoms with E-state index in [2.05, 4.69) is 0 Å². The van der Waals surface area contributed by atoms with Gasteiger partial charge in [-0.15, -0.1) is 0 Å². The molecule has 0 aromatic carbocycles. The summed E-state index contributed by atoms with van der Waals surface area (Å²) in [5, 5.41) is 35.1. The van der Waals surface area contributed by atoms with Crippen molar-refractivity contribution in [2.24, 2.45) is 0 Å². The smallest absolute Gasteiger partial charge is 0.158 e. The van der Waals surface area contributed by atoms with Gasteiger partial charge in [-0.25, -0.2) is 0 Å². The molecule has 6 nitrogen and oxygen atoms in total. The monoisotopic (exact) mass is 224 g/mol. The van der Waals surface area contributed by atoms with E-state index in [-0.39, 0.29) is 26.4 Å². The van der Waals surface area contributed by atoms with Crippen LogP contribution in [0.5, 0.6) is 0 Å². The van der Waals surface area contributed by atoms with Gasteiger partial charge >= 0.3 is 0 Å². The lowest BCUT2D eigenvalue weighted by molar-refractivity contribution is -0.198. The maximum atomic E-state index is 9.02. The molecule has 0 aliphatic heterocycles. The fourth-order valence-corrected chi connectivity index (χ4v) is 0.883. The van der Waals surface area contributed by atoms with E-state index in [9.17, 15) is 0 Å². The van der Waals surface area contributed by atoms with Gasteiger partial charge in [0, 0.05) is 0 Å². The Bertz CT molecular complexity index is 139. The van der Waals surface area contributed by atoms with Crippen LogP contribution in [0.4, 0.5) is 0 Å². The van der Waals surface area contributed by atoms with Gasteiger partial charge in [-0.3, -0.25) is 0 Å². The quantitative estimate of drug-likeness (QED) is 0.354. The Morgan fingerprint density at radius 2 is 1.67 bits per heavy atom. The van der Waals surface area contributed by atoms with E-state index in [0.29, 0.717) is 6.42 Å². The average molecular weight is 224 g/mol. The van der Waals surface area contributed by atoms with Gasteiger partial charge in [-0.2, -0.15) is 0 Å². The van der Waals surface area contributed by atoms with E-state index in [1.54, 1.807) is 0 Å². The molecule has 0 aromatic rings. The maximum Gasteiger partial charge on any atom is 0.158 e. The number of aliphatic hydroxyl groups excluding tert-OH is 4. The first-order valence-electron chi connectivity index (χ1n) is 4.95. The highest BCUT2D eigenvalue weighted by Gasteiger charge is 2.15. The minimum absolute atomic E-state index is 0.0431. The molecule has 0 radical (unpaired) electrons. The molecule has 0 rings (SSSR count). The minimum atomic E-state index is -0.940. The number of ether oxygens (including phenoxy) is 2. The second-order valence-corrected chi connectivity index (χ2v) is 3.13. The molecule has 0 fully saturated rings. The third-order valence-electron chi connectivity index (χ3n) is 1.77. The van der Waals surface area contributed by atoms with Gasteiger partial charge in [0.15, 0.2) is 6.29 Å². The zero-order chi connectivity index (χ0) is 11.7. The molecule has 2 atom stereocenters. The molecule has 0 aliphatic carbocycles. The summed E-state index contributed by atoms with van der Waals surface area (Å²) < 4.78 is 10.3. The predicted octanol–water partition coefficient (Wildman–Crippen LogP) is -1.54. The van der Waals surface area contributed by atoms with Crippen molar-refractivity contribution in [2.75, 3.05) is 26.4 Å². The van der Waals surface area contributed by atoms with Gasteiger partial charge in [0.05, 0.1) is 26.4 Å². The Hall–Kier alpha value is -0.240. The third kappa shape index (κ3) is 6.77. The summed E-state index contributed by atoms with van der Waals surface area (Å²) in [5.41, 5.74) is 0. The van der Waals surface area contributed by atoms with Crippen molar-refractivity contribution in [3.63, 3.8) is 0 Å². The Balaban J connectivity index is 3.80. The van der Waals surface area contributed by atoms with Gasteiger partial charge in [-0.05, 0) is 6.42 Å². The van der Waals surface area contributed by atoms with E-state index >= 15 is 0 Å². The van der Waals surface area contributed by atoms with Gasteiger partial charge < -0.3 is 29.9 Å². The lowest BCUT2D eigenvalue weighted by Gasteiger charge is -2.22. The third-order valence-corrected chi connectivity index (χ3v) is 1.77. The van der Waals surface area contributed by atoms with Gasteiger partial charge in [0.1, 0.15) is 12.2 Å². The van der Waals surface area contributed by atoms with Crippen molar-refractivity contribution in [1.29, 1.82) is 0 Å². The van der Waals surface area contributed by atoms with Crippen LogP contribution in [0.25, 0.3) is 0 Å². The van der Waals surface area contributed by atoms with Crippen molar-refractivity contribution >= 4 is 0 Å². The fraction of sp³-hybridized carbons (Fsp3) is 1.00. The Morgan fingerprint density at radius 3 is 2.07 bits per heavy atom. The summed E-state index contributed by atoms with van der Waals surface area (Å²) in [5.74, 6) is 0. The molecule has 92 valence electrons. The summed E-state index contributed by atoms with van der Waals surface area (Å²) in [6, 6.07) is 0. The largest absolute Gasteiger partial charge is 0.394 e. The van der Waals surface area contributed by atoms with Crippen LogP contribution in [0.15, 0.2) is 0 Å². The van der Waals surface area contributed by atoms with Gasteiger partial charge in [0.25, 0.3) is 0 Å². The minimum Gasteiger partial charge on any atom is -0.394 e. The van der Waals surface area contributed by atoms with Crippen LogP contribution in [-0.2, 0) is 9.47 Å². The van der Waals surface area contributed by atoms with Crippen molar-refractivity contribution in [1.82, 2.24) is 0 Å². The normalized spacial score (nSPS) is 15.6. The summed E-state index contributed by atoms with van der Waals surface area (Å²) >= 11 is 0. The lowest BCUT2D eigenvalue weighted by atomic mass is 10.4. The molecule has 0 heterocycles. The topological polar surface area (TPSA) is 99.4 Å². The molecule has 0 spiro atoms. The SMILES string of the molecule is CC[C@@H](OCC(O)CO)OC(CO)CO. The molecule has 15 heavy (non-hydrogen) atoms. The van der Waals surface area contributed by atoms with Crippen LogP contribution < -0.4 is 0 Å². The van der Waals surface area contributed by atoms with E-state index in [1.807, 2.05) is 6.92 Å². The molecule has 0 saturated carbocycles. The number of rotatable bonds is 9. The first-order chi connectivity index (χ1) is 7.17. The van der Waals surface area contributed by atoms with E-state index in [1.165, 1.54) is 0 Å². The number of hydrogen-bond donors (Lipinski definition) is 4. The molecule has 0 bridgehead atoms. The zero-order valence-corrected chi connectivity index (χ0v) is 8.87. The first kappa shape index (κ1) is 14.8. The molecule has 0 saturated heterocycles. The second-order valence-electron chi connectivity index (χ2n) is 3.13. The summed E-state index contributed by atoms with van der Waals surface area (Å²) in [6.45, 7) is 0.804. The van der Waals surface area contributed by atoms with Crippen LogP contribution in [0.1, 0.15) is 13.3 Å². The van der Waals surface area contributed by atoms with E-state index in [4.69, 9.17) is 29.9 Å². The number of aliphatic hydroxyl groups is 4. The van der Waals surface area contributed by atoms with Gasteiger partial charge in [-0.1, -0.05) is 6.92 Å².